The highest BCUT2D eigenvalue weighted by atomic mass is 16.8. The van der Waals surface area contributed by atoms with Crippen LogP contribution in [0.15, 0.2) is 0 Å². The van der Waals surface area contributed by atoms with Crippen molar-refractivity contribution >= 4 is 0 Å². The van der Waals surface area contributed by atoms with Crippen LogP contribution in [0.25, 0.3) is 0 Å². The molecule has 0 bridgehead atoms. The molecule has 2 rings (SSSR count). The average molecular weight is 354 g/mol. The summed E-state index contributed by atoms with van der Waals surface area (Å²) in [6.07, 6.45) is -9.72. The second-order valence-electron chi connectivity index (χ2n) is 5.78. The normalized spacial score (nSPS) is 46.9. The van der Waals surface area contributed by atoms with E-state index in [1.165, 1.54) is 21.3 Å². The molecule has 9 atom stereocenters. The molecule has 0 aromatic heterocycles. The van der Waals surface area contributed by atoms with Gasteiger partial charge in [0, 0.05) is 21.3 Å². The maximum absolute atomic E-state index is 10.2. The molecule has 10 heteroatoms. The zero-order valence-corrected chi connectivity index (χ0v) is 13.8. The molecular formula is C14H26O10. The Morgan fingerprint density at radius 2 is 1.50 bits per heavy atom. The molecule has 10 nitrogen and oxygen atoms in total. The Hall–Kier alpha value is -0.400. The molecule has 0 aliphatic carbocycles. The highest BCUT2D eigenvalue weighted by molar-refractivity contribution is 4.91. The molecule has 0 unspecified atom stereocenters. The minimum Gasteiger partial charge on any atom is -0.388 e. The molecule has 2 aliphatic rings. The summed E-state index contributed by atoms with van der Waals surface area (Å²) in [4.78, 5) is 0. The number of hydrogen-bond donors (Lipinski definition) is 4. The van der Waals surface area contributed by atoms with Crippen molar-refractivity contribution in [1.29, 1.82) is 0 Å². The van der Waals surface area contributed by atoms with Gasteiger partial charge in [0.25, 0.3) is 0 Å². The van der Waals surface area contributed by atoms with Gasteiger partial charge in [0.05, 0.1) is 13.2 Å². The largest absolute Gasteiger partial charge is 0.388 e. The van der Waals surface area contributed by atoms with Crippen LogP contribution in [0.3, 0.4) is 0 Å². The van der Waals surface area contributed by atoms with Gasteiger partial charge in [0.1, 0.15) is 42.7 Å². The molecule has 4 N–H and O–H groups in total. The van der Waals surface area contributed by atoms with Crippen molar-refractivity contribution in [2.75, 3.05) is 34.5 Å². The predicted molar refractivity (Wildman–Crippen MR) is 77.0 cm³/mol. The Balaban J connectivity index is 2.10. The molecule has 2 fully saturated rings. The van der Waals surface area contributed by atoms with Crippen molar-refractivity contribution in [3.8, 4) is 0 Å². The van der Waals surface area contributed by atoms with Crippen LogP contribution in [-0.2, 0) is 28.4 Å². The summed E-state index contributed by atoms with van der Waals surface area (Å²) in [6, 6.07) is 0. The third-order valence-electron chi connectivity index (χ3n) is 4.22. The van der Waals surface area contributed by atoms with E-state index in [1.807, 2.05) is 0 Å². The van der Waals surface area contributed by atoms with Crippen LogP contribution in [0.4, 0.5) is 0 Å². The Kier molecular flexibility index (Phi) is 7.31. The van der Waals surface area contributed by atoms with Crippen molar-refractivity contribution in [1.82, 2.24) is 0 Å². The van der Waals surface area contributed by atoms with E-state index in [0.29, 0.717) is 0 Å². The van der Waals surface area contributed by atoms with Crippen molar-refractivity contribution in [3.63, 3.8) is 0 Å². The quantitative estimate of drug-likeness (QED) is 0.396. The van der Waals surface area contributed by atoms with Crippen molar-refractivity contribution in [3.05, 3.63) is 0 Å². The molecule has 0 aromatic rings. The van der Waals surface area contributed by atoms with Gasteiger partial charge in [0.2, 0.25) is 0 Å². The molecule has 2 aliphatic heterocycles. The SMILES string of the molecule is COC[C@H]1O[C@@H](O[C@@H]2OC[C@H](O)[C@@H](O)[C@@H]2OC)[C@H](OC)[C@H](O)[C@H]1O. The van der Waals surface area contributed by atoms with Crippen LogP contribution in [-0.4, -0.2) is 110 Å². The summed E-state index contributed by atoms with van der Waals surface area (Å²) >= 11 is 0. The van der Waals surface area contributed by atoms with Gasteiger partial charge >= 0.3 is 0 Å². The van der Waals surface area contributed by atoms with Gasteiger partial charge in [-0.1, -0.05) is 0 Å². The lowest BCUT2D eigenvalue weighted by Gasteiger charge is -2.44. The fourth-order valence-electron chi connectivity index (χ4n) is 2.83. The molecule has 0 amide bonds. The van der Waals surface area contributed by atoms with Gasteiger partial charge in [-0.2, -0.15) is 0 Å². The highest BCUT2D eigenvalue weighted by Crippen LogP contribution is 2.28. The number of aliphatic hydroxyl groups excluding tert-OH is 4. The van der Waals surface area contributed by atoms with Gasteiger partial charge in [-0.15, -0.1) is 0 Å². The Bertz CT molecular complexity index is 381. The number of rotatable bonds is 6. The maximum atomic E-state index is 10.2. The van der Waals surface area contributed by atoms with E-state index in [2.05, 4.69) is 0 Å². The number of ether oxygens (including phenoxy) is 6. The minimum absolute atomic E-state index is 0.0368. The average Bonchev–Trinajstić information content (AvgIpc) is 2.56. The first-order valence-electron chi connectivity index (χ1n) is 7.63. The first kappa shape index (κ1) is 19.9. The number of aliphatic hydroxyl groups is 4. The number of methoxy groups -OCH3 is 3. The summed E-state index contributed by atoms with van der Waals surface area (Å²) in [5, 5.41) is 39.9. The lowest BCUT2D eigenvalue weighted by atomic mass is 9.99. The minimum atomic E-state index is -1.27. The highest BCUT2D eigenvalue weighted by Gasteiger charge is 2.49. The summed E-state index contributed by atoms with van der Waals surface area (Å²) in [6.45, 7) is -0.113. The van der Waals surface area contributed by atoms with Gasteiger partial charge in [-0.3, -0.25) is 0 Å². The first-order valence-corrected chi connectivity index (χ1v) is 7.63. The van der Waals surface area contributed by atoms with E-state index < -0.39 is 55.3 Å². The third-order valence-corrected chi connectivity index (χ3v) is 4.22. The van der Waals surface area contributed by atoms with E-state index in [4.69, 9.17) is 28.4 Å². The zero-order chi connectivity index (χ0) is 17.9. The zero-order valence-electron chi connectivity index (χ0n) is 13.8. The standard InChI is InChI=1S/C14H26O10/c1-19-5-7-9(17)10(18)12(21-3)14(23-7)24-13-11(20-2)8(16)6(15)4-22-13/h6-18H,4-5H2,1-3H3/t6-,7+,8+,9-,10+,11-,12+,13-,14-/m0/s1. The lowest BCUT2D eigenvalue weighted by molar-refractivity contribution is -0.369. The molecule has 142 valence electrons. The van der Waals surface area contributed by atoms with E-state index in [1.54, 1.807) is 0 Å². The van der Waals surface area contributed by atoms with Crippen LogP contribution in [0.1, 0.15) is 0 Å². The first-order chi connectivity index (χ1) is 11.4. The molecule has 2 saturated heterocycles. The Morgan fingerprint density at radius 3 is 2.08 bits per heavy atom. The molecule has 0 spiro atoms. The van der Waals surface area contributed by atoms with Crippen LogP contribution < -0.4 is 0 Å². The second-order valence-corrected chi connectivity index (χ2v) is 5.78. The lowest BCUT2D eigenvalue weighted by Crippen LogP contribution is -2.62. The van der Waals surface area contributed by atoms with Crippen molar-refractivity contribution < 1.29 is 48.8 Å². The fraction of sp³-hybridized carbons (Fsp3) is 1.00. The van der Waals surface area contributed by atoms with Gasteiger partial charge in [-0.05, 0) is 0 Å². The molecule has 0 aromatic carbocycles. The fourth-order valence-corrected chi connectivity index (χ4v) is 2.83. The molecule has 24 heavy (non-hydrogen) atoms. The summed E-state index contributed by atoms with van der Waals surface area (Å²) in [7, 11) is 4.11. The summed E-state index contributed by atoms with van der Waals surface area (Å²) in [5.74, 6) is 0. The van der Waals surface area contributed by atoms with E-state index in [9.17, 15) is 20.4 Å². The van der Waals surface area contributed by atoms with E-state index in [-0.39, 0.29) is 13.2 Å². The predicted octanol–water partition coefficient (Wildman–Crippen LogP) is -2.80. The topological polar surface area (TPSA) is 136 Å². The monoisotopic (exact) mass is 354 g/mol. The summed E-state index contributed by atoms with van der Waals surface area (Å²) < 4.78 is 31.9. The van der Waals surface area contributed by atoms with Crippen LogP contribution in [0.2, 0.25) is 0 Å². The van der Waals surface area contributed by atoms with Crippen LogP contribution in [0.5, 0.6) is 0 Å². The molecular weight excluding hydrogens is 328 g/mol. The maximum Gasteiger partial charge on any atom is 0.190 e. The van der Waals surface area contributed by atoms with Gasteiger partial charge in [0.15, 0.2) is 12.6 Å². The second kappa shape index (κ2) is 8.81. The molecule has 0 saturated carbocycles. The van der Waals surface area contributed by atoms with Gasteiger partial charge < -0.3 is 48.8 Å². The smallest absolute Gasteiger partial charge is 0.190 e. The van der Waals surface area contributed by atoms with E-state index >= 15 is 0 Å². The summed E-state index contributed by atoms with van der Waals surface area (Å²) in [5.41, 5.74) is 0. The molecule has 0 radical (unpaired) electrons. The Morgan fingerprint density at radius 1 is 0.875 bits per heavy atom. The van der Waals surface area contributed by atoms with Crippen molar-refractivity contribution in [2.45, 2.75) is 55.3 Å². The third kappa shape index (κ3) is 4.05. The van der Waals surface area contributed by atoms with Crippen LogP contribution in [0, 0.1) is 0 Å². The number of hydrogen-bond acceptors (Lipinski definition) is 10. The van der Waals surface area contributed by atoms with E-state index in [0.717, 1.165) is 0 Å². The molecule has 2 heterocycles. The van der Waals surface area contributed by atoms with Gasteiger partial charge in [-0.25, -0.2) is 0 Å². The van der Waals surface area contributed by atoms with Crippen molar-refractivity contribution in [2.24, 2.45) is 0 Å². The van der Waals surface area contributed by atoms with Crippen LogP contribution >= 0.6 is 0 Å². The Labute approximate surface area is 139 Å².